The number of nitrogen functional groups attached to an aromatic ring is 1. The number of thiazole rings is 1. The maximum absolute atomic E-state index is 13.9. The first kappa shape index (κ1) is 18.9. The Bertz CT molecular complexity index is 1430. The minimum atomic E-state index is -0.602. The van der Waals surface area contributed by atoms with Gasteiger partial charge >= 0.3 is 0 Å². The lowest BCUT2D eigenvalue weighted by molar-refractivity contribution is 0.102. The van der Waals surface area contributed by atoms with Gasteiger partial charge in [-0.05, 0) is 42.0 Å². The van der Waals surface area contributed by atoms with E-state index in [9.17, 15) is 9.18 Å². The molecule has 0 atom stereocenters. The van der Waals surface area contributed by atoms with Gasteiger partial charge in [0.2, 0.25) is 0 Å². The molecule has 31 heavy (non-hydrogen) atoms. The van der Waals surface area contributed by atoms with E-state index in [1.807, 2.05) is 24.4 Å². The highest BCUT2D eigenvalue weighted by atomic mass is 32.1. The van der Waals surface area contributed by atoms with Crippen LogP contribution in [0.1, 0.15) is 15.9 Å². The van der Waals surface area contributed by atoms with Crippen LogP contribution >= 0.6 is 11.3 Å². The summed E-state index contributed by atoms with van der Waals surface area (Å²) in [6.45, 7) is 0.389. The summed E-state index contributed by atoms with van der Waals surface area (Å²) in [7, 11) is 0. The number of benzene rings is 1. The van der Waals surface area contributed by atoms with E-state index in [0.717, 1.165) is 33.6 Å². The highest BCUT2D eigenvalue weighted by Gasteiger charge is 2.16. The van der Waals surface area contributed by atoms with Crippen LogP contribution in [0.15, 0.2) is 55.0 Å². The number of anilines is 3. The molecule has 0 unspecified atom stereocenters. The largest absolute Gasteiger partial charge is 0.375 e. The summed E-state index contributed by atoms with van der Waals surface area (Å²) in [6, 6.07) is 10.3. The van der Waals surface area contributed by atoms with Crippen molar-refractivity contribution in [3.63, 3.8) is 0 Å². The van der Waals surface area contributed by atoms with Crippen LogP contribution in [0.2, 0.25) is 0 Å². The summed E-state index contributed by atoms with van der Waals surface area (Å²) < 4.78 is 14.8. The number of pyridine rings is 2. The van der Waals surface area contributed by atoms with Gasteiger partial charge < -0.3 is 21.4 Å². The number of carbonyl (C=O) groups excluding carboxylic acids is 1. The monoisotopic (exact) mass is 433 g/mol. The van der Waals surface area contributed by atoms with Gasteiger partial charge in [-0.15, -0.1) is 0 Å². The molecule has 0 radical (unpaired) electrons. The Hall–Kier alpha value is -4.05. The number of rotatable bonds is 5. The first-order valence-electron chi connectivity index (χ1n) is 9.34. The Kier molecular flexibility index (Phi) is 4.68. The second kappa shape index (κ2) is 7.65. The van der Waals surface area contributed by atoms with Gasteiger partial charge in [-0.3, -0.25) is 4.79 Å². The molecule has 5 rings (SSSR count). The number of hydrogen-bond acceptors (Lipinski definition) is 7. The van der Waals surface area contributed by atoms with Gasteiger partial charge in [0, 0.05) is 30.0 Å². The molecule has 0 saturated carbocycles. The van der Waals surface area contributed by atoms with Crippen molar-refractivity contribution in [1.29, 1.82) is 0 Å². The molecule has 0 spiro atoms. The minimum absolute atomic E-state index is 0.0947. The van der Waals surface area contributed by atoms with Gasteiger partial charge in [-0.1, -0.05) is 11.3 Å². The molecule has 4 aromatic heterocycles. The molecule has 154 valence electrons. The van der Waals surface area contributed by atoms with Crippen LogP contribution in [0.5, 0.6) is 0 Å². The minimum Gasteiger partial charge on any atom is -0.375 e. The number of hydrogen-bond donors (Lipinski definition) is 4. The van der Waals surface area contributed by atoms with E-state index in [1.54, 1.807) is 18.3 Å². The zero-order chi connectivity index (χ0) is 21.4. The van der Waals surface area contributed by atoms with E-state index in [-0.39, 0.29) is 11.4 Å². The molecule has 1 amide bonds. The summed E-state index contributed by atoms with van der Waals surface area (Å²) >= 11 is 1.36. The fourth-order valence-corrected chi connectivity index (χ4v) is 4.04. The number of nitrogens with two attached hydrogens (primary N) is 1. The molecule has 0 bridgehead atoms. The summed E-state index contributed by atoms with van der Waals surface area (Å²) in [5.74, 6) is -0.813. The maximum Gasteiger partial charge on any atom is 0.259 e. The van der Waals surface area contributed by atoms with Crippen molar-refractivity contribution >= 4 is 55.1 Å². The molecule has 0 aliphatic heterocycles. The second-order valence-corrected chi connectivity index (χ2v) is 7.86. The van der Waals surface area contributed by atoms with Crippen LogP contribution in [0.3, 0.4) is 0 Å². The van der Waals surface area contributed by atoms with Gasteiger partial charge in [-0.25, -0.2) is 19.3 Å². The quantitative estimate of drug-likeness (QED) is 0.330. The van der Waals surface area contributed by atoms with Crippen LogP contribution in [0, 0.1) is 5.82 Å². The number of halogens is 1. The van der Waals surface area contributed by atoms with Crippen molar-refractivity contribution in [1.82, 2.24) is 19.9 Å². The number of carbonyl (C=O) groups is 1. The maximum atomic E-state index is 13.9. The fourth-order valence-electron chi connectivity index (χ4n) is 3.33. The molecule has 1 aromatic carbocycles. The zero-order valence-corrected chi connectivity index (χ0v) is 16.8. The number of H-pyrrole nitrogens is 1. The summed E-state index contributed by atoms with van der Waals surface area (Å²) in [5.41, 5.74) is 8.78. The number of aromatic nitrogens is 4. The first-order valence-corrected chi connectivity index (χ1v) is 10.2. The van der Waals surface area contributed by atoms with Crippen molar-refractivity contribution < 1.29 is 9.18 Å². The average Bonchev–Trinajstić information content (AvgIpc) is 3.38. The van der Waals surface area contributed by atoms with E-state index in [0.29, 0.717) is 22.9 Å². The van der Waals surface area contributed by atoms with Crippen molar-refractivity contribution in [2.45, 2.75) is 6.54 Å². The summed E-state index contributed by atoms with van der Waals surface area (Å²) in [5, 5.41) is 7.31. The highest BCUT2D eigenvalue weighted by molar-refractivity contribution is 7.22. The van der Waals surface area contributed by atoms with E-state index in [1.165, 1.54) is 11.3 Å². The first-order chi connectivity index (χ1) is 15.1. The Morgan fingerprint density at radius 1 is 1.19 bits per heavy atom. The standard InChI is InChI=1S/C21H16FN7OS/c22-12-7-15(20(30)28-13-1-2-17-16(8-13)29-21(23)31-17)19(27-10-12)26-9-11-3-5-24-18-14(11)4-6-25-18/h1-8,10H,9H2,(H2,23,29)(H,24,25)(H,26,27)(H,28,30). The Labute approximate surface area is 179 Å². The SMILES string of the molecule is Nc1nc2cc(NC(=O)c3cc(F)cnc3NCc3ccnc4[nH]ccc34)ccc2s1. The lowest BCUT2D eigenvalue weighted by Crippen LogP contribution is -2.16. The summed E-state index contributed by atoms with van der Waals surface area (Å²) in [4.78, 5) is 28.5. The van der Waals surface area contributed by atoms with E-state index < -0.39 is 11.7 Å². The molecule has 0 fully saturated rings. The zero-order valence-electron chi connectivity index (χ0n) is 16.0. The topological polar surface area (TPSA) is 122 Å². The van der Waals surface area contributed by atoms with Crippen molar-refractivity contribution in [3.8, 4) is 0 Å². The molecule has 4 heterocycles. The van der Waals surface area contributed by atoms with Crippen LogP contribution in [0.4, 0.5) is 21.0 Å². The third-order valence-electron chi connectivity index (χ3n) is 4.76. The predicted octanol–water partition coefficient (Wildman–Crippen LogP) is 4.15. The van der Waals surface area contributed by atoms with Crippen molar-refractivity contribution in [2.24, 2.45) is 0 Å². The van der Waals surface area contributed by atoms with E-state index in [2.05, 4.69) is 30.6 Å². The van der Waals surface area contributed by atoms with E-state index >= 15 is 0 Å². The van der Waals surface area contributed by atoms with Crippen LogP contribution in [0.25, 0.3) is 21.3 Å². The molecule has 0 saturated heterocycles. The molecule has 0 aliphatic carbocycles. The average molecular weight is 433 g/mol. The van der Waals surface area contributed by atoms with Gasteiger partial charge in [0.05, 0.1) is 22.0 Å². The molecular formula is C21H16FN7OS. The molecule has 5 aromatic rings. The molecule has 10 heteroatoms. The smallest absolute Gasteiger partial charge is 0.259 e. The van der Waals surface area contributed by atoms with Crippen LogP contribution < -0.4 is 16.4 Å². The third kappa shape index (κ3) is 3.76. The predicted molar refractivity (Wildman–Crippen MR) is 120 cm³/mol. The third-order valence-corrected chi connectivity index (χ3v) is 5.62. The lowest BCUT2D eigenvalue weighted by Gasteiger charge is -2.12. The van der Waals surface area contributed by atoms with Crippen molar-refractivity contribution in [2.75, 3.05) is 16.4 Å². The molecular weight excluding hydrogens is 417 g/mol. The van der Waals surface area contributed by atoms with Gasteiger partial charge in [0.1, 0.15) is 17.3 Å². The molecule has 5 N–H and O–H groups in total. The Morgan fingerprint density at radius 3 is 3.00 bits per heavy atom. The second-order valence-electron chi connectivity index (χ2n) is 6.80. The number of nitrogens with zero attached hydrogens (tertiary/aromatic N) is 3. The fraction of sp³-hybridized carbons (Fsp3) is 0.0476. The highest BCUT2D eigenvalue weighted by Crippen LogP contribution is 2.27. The number of amides is 1. The number of aromatic amines is 1. The van der Waals surface area contributed by atoms with E-state index in [4.69, 9.17) is 5.73 Å². The normalized spacial score (nSPS) is 11.1. The lowest BCUT2D eigenvalue weighted by atomic mass is 10.1. The Balaban J connectivity index is 1.39. The molecule has 8 nitrogen and oxygen atoms in total. The summed E-state index contributed by atoms with van der Waals surface area (Å²) in [6.07, 6.45) is 4.58. The van der Waals surface area contributed by atoms with Crippen LogP contribution in [-0.2, 0) is 6.54 Å². The van der Waals surface area contributed by atoms with Crippen molar-refractivity contribution in [3.05, 3.63) is 71.9 Å². The Morgan fingerprint density at radius 2 is 2.10 bits per heavy atom. The molecule has 0 aliphatic rings. The number of nitrogens with one attached hydrogen (secondary N) is 3. The van der Waals surface area contributed by atoms with Gasteiger partial charge in [0.25, 0.3) is 5.91 Å². The number of fused-ring (bicyclic) bond motifs is 2. The van der Waals surface area contributed by atoms with Gasteiger partial charge in [0.15, 0.2) is 5.13 Å². The van der Waals surface area contributed by atoms with Gasteiger partial charge in [-0.2, -0.15) is 0 Å². The van der Waals surface area contributed by atoms with Crippen LogP contribution in [-0.4, -0.2) is 25.8 Å².